The molecule has 0 saturated heterocycles. The second kappa shape index (κ2) is 64.0. The predicted octanol–water partition coefficient (Wildman–Crippen LogP) is 22.4. The zero-order valence-electron chi connectivity index (χ0n) is 54.8. The van der Waals surface area contributed by atoms with Gasteiger partial charge in [-0.1, -0.05) is 314 Å². The number of carboxylic acids is 2. The van der Waals surface area contributed by atoms with Gasteiger partial charge in [-0.3, -0.25) is 0 Å². The summed E-state index contributed by atoms with van der Waals surface area (Å²) in [5.41, 5.74) is 0. The molecule has 0 bridgehead atoms. The number of carbonyl (C=O) groups is 2. The quantitative estimate of drug-likeness (QED) is 0.0587. The fourth-order valence-corrected chi connectivity index (χ4v) is 11.8. The Morgan fingerprint density at radius 2 is 0.494 bits per heavy atom. The monoisotopic (exact) mass is 1090 g/mol. The summed E-state index contributed by atoms with van der Waals surface area (Å²) in [7, 11) is 0. The molecule has 0 saturated carbocycles. The van der Waals surface area contributed by atoms with Crippen LogP contribution in [0.4, 0.5) is 0 Å². The molecule has 0 radical (unpaired) electrons. The third kappa shape index (κ3) is 55.1. The Balaban J connectivity index is -0.00000122. The van der Waals surface area contributed by atoms with Gasteiger partial charge < -0.3 is 24.7 Å². The minimum atomic E-state index is -1.17. The van der Waals surface area contributed by atoms with Crippen molar-refractivity contribution in [1.29, 1.82) is 0 Å². The molecule has 0 aliphatic heterocycles. The van der Waals surface area contributed by atoms with Gasteiger partial charge in [0.1, 0.15) is 13.2 Å². The van der Waals surface area contributed by atoms with Crippen molar-refractivity contribution in [3.8, 4) is 0 Å². The average Bonchev–Trinajstić information content (AvgIpc) is 3.42. The predicted molar refractivity (Wildman–Crippen MR) is 342 cm³/mol. The van der Waals surface area contributed by atoms with E-state index in [1.165, 1.54) is 309 Å². The zero-order valence-corrected chi connectivity index (χ0v) is 54.8. The first-order valence-electron chi connectivity index (χ1n) is 34.9. The summed E-state index contributed by atoms with van der Waals surface area (Å²) in [5.74, 6) is 1.40. The number of hydrogen-bond donors (Lipinski definition) is 2. The van der Waals surface area contributed by atoms with Crippen molar-refractivity contribution >= 4 is 11.9 Å². The highest BCUT2D eigenvalue weighted by molar-refractivity contribution is 5.70. The van der Waals surface area contributed by atoms with Gasteiger partial charge in [0, 0.05) is 12.1 Å². The molecule has 7 heteroatoms. The van der Waals surface area contributed by atoms with E-state index in [-0.39, 0.29) is 0 Å². The Kier molecular flexibility index (Phi) is 66.5. The lowest BCUT2D eigenvalue weighted by molar-refractivity contribution is -0.148. The van der Waals surface area contributed by atoms with E-state index in [1.54, 1.807) is 0 Å². The van der Waals surface area contributed by atoms with E-state index in [4.69, 9.17) is 10.2 Å². The summed E-state index contributed by atoms with van der Waals surface area (Å²) in [6, 6.07) is 1.66. The molecule has 0 fully saturated rings. The standard InChI is InChI=1S/2C33H69N.C4H6O5/c2*1-7-13-17-19-21-23-27-34(28-24-22-20-18-14-8-2)33(29-31(11-5)25-15-9-3)30-32(12-6)26-16-10-4;5-3(6)1-9-2-4(7)8/h2*31-33H,7-30H2,1-6H3;1-2H2,(H,5,6)(H,7,8). The van der Waals surface area contributed by atoms with Gasteiger partial charge in [-0.05, 0) is 101 Å². The third-order valence-corrected chi connectivity index (χ3v) is 17.3. The Morgan fingerprint density at radius 1 is 0.299 bits per heavy atom. The number of ether oxygens (including phenoxy) is 1. The molecule has 0 aromatic rings. The molecule has 4 unspecified atom stereocenters. The van der Waals surface area contributed by atoms with Crippen molar-refractivity contribution in [3.63, 3.8) is 0 Å². The highest BCUT2D eigenvalue weighted by Crippen LogP contribution is 2.31. The molecule has 464 valence electrons. The summed E-state index contributed by atoms with van der Waals surface area (Å²) in [5, 5.41) is 15.8. The molecule has 4 atom stereocenters. The molecule has 0 aromatic carbocycles. The lowest BCUT2D eigenvalue weighted by Gasteiger charge is -2.36. The molecule has 2 N–H and O–H groups in total. The van der Waals surface area contributed by atoms with E-state index < -0.39 is 25.2 Å². The summed E-state index contributed by atoms with van der Waals surface area (Å²) in [6.07, 6.45) is 62.5. The van der Waals surface area contributed by atoms with Crippen LogP contribution in [0.3, 0.4) is 0 Å². The maximum Gasteiger partial charge on any atom is 0.329 e. The van der Waals surface area contributed by atoms with Gasteiger partial charge in [0.25, 0.3) is 0 Å². The first kappa shape index (κ1) is 80.0. The van der Waals surface area contributed by atoms with Crippen LogP contribution in [0.5, 0.6) is 0 Å². The van der Waals surface area contributed by atoms with Crippen LogP contribution in [-0.2, 0) is 14.3 Å². The number of carboxylic acid groups (broad SMARTS) is 2. The van der Waals surface area contributed by atoms with Crippen LogP contribution in [-0.4, -0.2) is 83.4 Å². The number of rotatable bonds is 58. The maximum absolute atomic E-state index is 9.66. The maximum atomic E-state index is 9.66. The van der Waals surface area contributed by atoms with Crippen LogP contribution in [0, 0.1) is 23.7 Å². The van der Waals surface area contributed by atoms with E-state index in [1.807, 2.05) is 0 Å². The third-order valence-electron chi connectivity index (χ3n) is 17.3. The number of nitrogens with zero attached hydrogens (tertiary/aromatic N) is 2. The van der Waals surface area contributed by atoms with Crippen LogP contribution in [0.2, 0.25) is 0 Å². The molecule has 0 aliphatic carbocycles. The van der Waals surface area contributed by atoms with E-state index in [0.717, 1.165) is 35.8 Å². The molecular weight excluding hydrogens is 949 g/mol. The van der Waals surface area contributed by atoms with Crippen LogP contribution >= 0.6 is 0 Å². The molecule has 0 heterocycles. The van der Waals surface area contributed by atoms with Crippen LogP contribution in [0.15, 0.2) is 0 Å². The van der Waals surface area contributed by atoms with Crippen molar-refractivity contribution < 1.29 is 24.5 Å². The number of hydrogen-bond acceptors (Lipinski definition) is 5. The van der Waals surface area contributed by atoms with Gasteiger partial charge in [-0.25, -0.2) is 9.59 Å². The van der Waals surface area contributed by atoms with Crippen molar-refractivity contribution in [1.82, 2.24) is 9.80 Å². The van der Waals surface area contributed by atoms with Gasteiger partial charge >= 0.3 is 11.9 Å². The minimum absolute atomic E-state index is 0.563. The van der Waals surface area contributed by atoms with E-state index in [0.29, 0.717) is 0 Å². The number of unbranched alkanes of at least 4 members (excludes halogenated alkanes) is 24. The van der Waals surface area contributed by atoms with Crippen molar-refractivity contribution in [2.24, 2.45) is 23.7 Å². The van der Waals surface area contributed by atoms with E-state index in [2.05, 4.69) is 97.6 Å². The fourth-order valence-electron chi connectivity index (χ4n) is 11.8. The molecule has 0 spiro atoms. The summed E-state index contributed by atoms with van der Waals surface area (Å²) in [4.78, 5) is 25.4. The Hall–Kier alpha value is -1.18. The Labute approximate surface area is 484 Å². The zero-order chi connectivity index (χ0) is 57.8. The molecule has 0 aliphatic rings. The Bertz CT molecular complexity index is 999. The number of aliphatic carboxylic acids is 2. The second-order valence-electron chi connectivity index (χ2n) is 24.3. The van der Waals surface area contributed by atoms with Gasteiger partial charge in [0.15, 0.2) is 0 Å². The summed E-state index contributed by atoms with van der Waals surface area (Å²) in [6.45, 7) is 32.9. The molecule has 77 heavy (non-hydrogen) atoms. The Morgan fingerprint density at radius 3 is 0.675 bits per heavy atom. The van der Waals surface area contributed by atoms with Gasteiger partial charge in [0.05, 0.1) is 0 Å². The minimum Gasteiger partial charge on any atom is -0.480 e. The molecule has 0 rings (SSSR count). The summed E-state index contributed by atoms with van der Waals surface area (Å²) < 4.78 is 4.16. The largest absolute Gasteiger partial charge is 0.480 e. The molecule has 0 aromatic heterocycles. The SMILES string of the molecule is CCCCCCCCN(CCCCCCCC)C(CC(CC)CCCC)CC(CC)CCCC.CCCCCCCCN(CCCCCCCC)C(CC(CC)CCCC)CC(CC)CCCC.O=C(O)COCC(=O)O. The van der Waals surface area contributed by atoms with Gasteiger partial charge in [-0.15, -0.1) is 0 Å². The van der Waals surface area contributed by atoms with Crippen LogP contribution in [0.25, 0.3) is 0 Å². The highest BCUT2D eigenvalue weighted by atomic mass is 16.5. The topological polar surface area (TPSA) is 90.3 Å². The lowest BCUT2D eigenvalue weighted by Crippen LogP contribution is -2.39. The van der Waals surface area contributed by atoms with Crippen molar-refractivity contribution in [2.75, 3.05) is 39.4 Å². The fraction of sp³-hybridized carbons (Fsp3) is 0.971. The van der Waals surface area contributed by atoms with Gasteiger partial charge in [-0.2, -0.15) is 0 Å². The van der Waals surface area contributed by atoms with Crippen molar-refractivity contribution in [2.45, 2.75) is 378 Å². The van der Waals surface area contributed by atoms with Crippen LogP contribution in [0.1, 0.15) is 366 Å². The summed E-state index contributed by atoms with van der Waals surface area (Å²) >= 11 is 0. The van der Waals surface area contributed by atoms with Crippen molar-refractivity contribution in [3.05, 3.63) is 0 Å². The van der Waals surface area contributed by atoms with Gasteiger partial charge in [0.2, 0.25) is 0 Å². The van der Waals surface area contributed by atoms with E-state index in [9.17, 15) is 9.59 Å². The lowest BCUT2D eigenvalue weighted by atomic mass is 9.84. The first-order chi connectivity index (χ1) is 37.4. The average molecular weight is 1090 g/mol. The van der Waals surface area contributed by atoms with Crippen LogP contribution < -0.4 is 0 Å². The highest BCUT2D eigenvalue weighted by Gasteiger charge is 2.26. The molecule has 0 amide bonds. The smallest absolute Gasteiger partial charge is 0.329 e. The van der Waals surface area contributed by atoms with E-state index >= 15 is 0 Å². The molecule has 7 nitrogen and oxygen atoms in total. The second-order valence-corrected chi connectivity index (χ2v) is 24.3. The normalized spacial score (nSPS) is 13.9. The first-order valence-corrected chi connectivity index (χ1v) is 34.9. The molecular formula is C70H144N2O5.